The summed E-state index contributed by atoms with van der Waals surface area (Å²) >= 11 is 0. The Labute approximate surface area is 201 Å². The Kier molecular flexibility index (Phi) is 9.12. The number of halogens is 1. The highest BCUT2D eigenvalue weighted by Gasteiger charge is 2.30. The molecule has 0 aromatic heterocycles. The normalized spacial score (nSPS) is 15.8. The fourth-order valence-corrected chi connectivity index (χ4v) is 4.54. The van der Waals surface area contributed by atoms with Crippen LogP contribution in [0.1, 0.15) is 48.7 Å². The second-order valence-electron chi connectivity index (χ2n) is 8.77. The lowest BCUT2D eigenvalue weighted by Gasteiger charge is -2.26. The van der Waals surface area contributed by atoms with E-state index in [-0.39, 0.29) is 24.5 Å². The number of aliphatic hydroxyl groups is 1. The minimum Gasteiger partial charge on any atom is -0.490 e. The number of carbonyl (C=O) groups is 1. The fraction of sp³-hybridized carbons (Fsp3) is 0.500. The maximum Gasteiger partial charge on any atom is 0.250 e. The Morgan fingerprint density at radius 3 is 2.79 bits per heavy atom. The van der Waals surface area contributed by atoms with Crippen molar-refractivity contribution in [1.29, 1.82) is 0 Å². The van der Waals surface area contributed by atoms with Crippen molar-refractivity contribution >= 4 is 11.6 Å². The van der Waals surface area contributed by atoms with E-state index in [4.69, 9.17) is 15.2 Å². The van der Waals surface area contributed by atoms with Crippen LogP contribution in [0.5, 0.6) is 11.5 Å². The summed E-state index contributed by atoms with van der Waals surface area (Å²) in [5.74, 6) is 0.110. The molecule has 2 aromatic rings. The number of amides is 1. The SMILES string of the molecule is CCOc1ccc(F)cc1OCCNC(C)Cc1cc2c(c(C(N)=O)c1)N(CCCO)C(C)C2. The molecule has 2 unspecified atom stereocenters. The summed E-state index contributed by atoms with van der Waals surface area (Å²) in [6.07, 6.45) is 2.22. The summed E-state index contributed by atoms with van der Waals surface area (Å²) in [4.78, 5) is 14.4. The molecule has 0 bridgehead atoms. The highest BCUT2D eigenvalue weighted by molar-refractivity contribution is 6.00. The van der Waals surface area contributed by atoms with Gasteiger partial charge in [0, 0.05) is 37.8 Å². The number of benzene rings is 2. The van der Waals surface area contributed by atoms with Gasteiger partial charge in [-0.1, -0.05) is 6.07 Å². The second kappa shape index (κ2) is 12.0. The third-order valence-corrected chi connectivity index (χ3v) is 6.01. The lowest BCUT2D eigenvalue weighted by molar-refractivity contribution is 0.100. The zero-order valence-corrected chi connectivity index (χ0v) is 20.3. The molecule has 186 valence electrons. The fourth-order valence-electron chi connectivity index (χ4n) is 4.54. The molecule has 7 nitrogen and oxygen atoms in total. The Bertz CT molecular complexity index is 985. The number of nitrogens with one attached hydrogen (secondary N) is 1. The smallest absolute Gasteiger partial charge is 0.250 e. The molecule has 1 aliphatic heterocycles. The summed E-state index contributed by atoms with van der Waals surface area (Å²) in [7, 11) is 0. The van der Waals surface area contributed by atoms with Gasteiger partial charge in [-0.15, -0.1) is 0 Å². The van der Waals surface area contributed by atoms with Crippen molar-refractivity contribution < 1.29 is 23.8 Å². The number of anilines is 1. The average molecular weight is 474 g/mol. The van der Waals surface area contributed by atoms with Gasteiger partial charge in [0.2, 0.25) is 0 Å². The lowest BCUT2D eigenvalue weighted by atomic mass is 9.97. The topological polar surface area (TPSA) is 97.1 Å². The molecule has 0 fully saturated rings. The van der Waals surface area contributed by atoms with Gasteiger partial charge in [-0.2, -0.15) is 0 Å². The van der Waals surface area contributed by atoms with Crippen molar-refractivity contribution in [2.75, 3.05) is 37.8 Å². The van der Waals surface area contributed by atoms with Crippen LogP contribution >= 0.6 is 0 Å². The van der Waals surface area contributed by atoms with E-state index in [9.17, 15) is 14.3 Å². The number of nitrogens with zero attached hydrogens (tertiary/aromatic N) is 1. The van der Waals surface area contributed by atoms with Crippen molar-refractivity contribution in [3.8, 4) is 11.5 Å². The minimum absolute atomic E-state index is 0.113. The number of ether oxygens (including phenoxy) is 2. The monoisotopic (exact) mass is 473 g/mol. The van der Waals surface area contributed by atoms with Gasteiger partial charge < -0.3 is 30.5 Å². The van der Waals surface area contributed by atoms with E-state index in [2.05, 4.69) is 30.1 Å². The van der Waals surface area contributed by atoms with Crippen LogP contribution in [0.15, 0.2) is 30.3 Å². The van der Waals surface area contributed by atoms with E-state index in [0.717, 1.165) is 29.7 Å². The molecule has 0 saturated heterocycles. The van der Waals surface area contributed by atoms with Crippen molar-refractivity contribution in [2.45, 2.75) is 52.1 Å². The number of aliphatic hydroxyl groups excluding tert-OH is 1. The third kappa shape index (κ3) is 6.39. The zero-order valence-electron chi connectivity index (χ0n) is 20.3. The minimum atomic E-state index is -0.435. The van der Waals surface area contributed by atoms with E-state index in [0.29, 0.717) is 49.8 Å². The maximum atomic E-state index is 13.6. The molecule has 0 spiro atoms. The number of carbonyl (C=O) groups excluding carboxylic acids is 1. The summed E-state index contributed by atoms with van der Waals surface area (Å²) in [5.41, 5.74) is 9.36. The van der Waals surface area contributed by atoms with Gasteiger partial charge >= 0.3 is 0 Å². The van der Waals surface area contributed by atoms with E-state index in [1.165, 1.54) is 12.1 Å². The van der Waals surface area contributed by atoms with Crippen LogP contribution in [-0.4, -0.2) is 56.0 Å². The Morgan fingerprint density at radius 1 is 1.29 bits per heavy atom. The predicted molar refractivity (Wildman–Crippen MR) is 131 cm³/mol. The van der Waals surface area contributed by atoms with Crippen molar-refractivity contribution in [1.82, 2.24) is 5.32 Å². The molecule has 1 amide bonds. The summed E-state index contributed by atoms with van der Waals surface area (Å²) in [6.45, 7) is 8.28. The van der Waals surface area contributed by atoms with Gasteiger partial charge in [0.1, 0.15) is 12.4 Å². The molecule has 0 aliphatic carbocycles. The van der Waals surface area contributed by atoms with Crippen LogP contribution in [0.25, 0.3) is 0 Å². The third-order valence-electron chi connectivity index (χ3n) is 6.01. The number of primary amides is 1. The van der Waals surface area contributed by atoms with Crippen LogP contribution in [-0.2, 0) is 12.8 Å². The van der Waals surface area contributed by atoms with Crippen LogP contribution in [0, 0.1) is 5.82 Å². The molecule has 2 atom stereocenters. The molecule has 8 heteroatoms. The van der Waals surface area contributed by atoms with E-state index < -0.39 is 5.91 Å². The van der Waals surface area contributed by atoms with E-state index >= 15 is 0 Å². The Balaban J connectivity index is 1.60. The largest absolute Gasteiger partial charge is 0.490 e. The van der Waals surface area contributed by atoms with Crippen molar-refractivity contribution in [2.24, 2.45) is 5.73 Å². The van der Waals surface area contributed by atoms with Gasteiger partial charge in [-0.25, -0.2) is 4.39 Å². The van der Waals surface area contributed by atoms with Crippen LogP contribution in [0.2, 0.25) is 0 Å². The molecule has 1 aliphatic rings. The first-order chi connectivity index (χ1) is 16.3. The number of rotatable bonds is 13. The molecule has 3 rings (SSSR count). The van der Waals surface area contributed by atoms with E-state index in [1.54, 1.807) is 6.07 Å². The Hall–Kier alpha value is -2.84. The summed E-state index contributed by atoms with van der Waals surface area (Å²) in [5, 5.41) is 12.6. The summed E-state index contributed by atoms with van der Waals surface area (Å²) < 4.78 is 24.8. The standard InChI is InChI=1S/C26H36FN3O4/c1-4-33-23-7-6-21(27)16-24(23)34-11-8-29-17(2)12-19-14-20-13-18(3)30(9-5-10-31)25(20)22(15-19)26(28)32/h6-7,14-18,29,31H,4-5,8-13H2,1-3H3,(H2,28,32). The quantitative estimate of drug-likeness (QED) is 0.387. The van der Waals surface area contributed by atoms with Crippen LogP contribution in [0.3, 0.4) is 0 Å². The van der Waals surface area contributed by atoms with Gasteiger partial charge in [0.15, 0.2) is 11.5 Å². The van der Waals surface area contributed by atoms with Gasteiger partial charge in [-0.3, -0.25) is 4.79 Å². The number of hydrogen-bond donors (Lipinski definition) is 3. The zero-order chi connectivity index (χ0) is 24.7. The first kappa shape index (κ1) is 25.8. The van der Waals surface area contributed by atoms with Gasteiger partial charge in [0.05, 0.1) is 17.9 Å². The molecule has 2 aromatic carbocycles. The molecular formula is C26H36FN3O4. The first-order valence-corrected chi connectivity index (χ1v) is 12.0. The highest BCUT2D eigenvalue weighted by atomic mass is 19.1. The summed E-state index contributed by atoms with van der Waals surface area (Å²) in [6, 6.07) is 8.68. The van der Waals surface area contributed by atoms with E-state index in [1.807, 2.05) is 13.0 Å². The molecule has 0 saturated carbocycles. The van der Waals surface area contributed by atoms with Crippen LogP contribution < -0.4 is 25.4 Å². The second-order valence-corrected chi connectivity index (χ2v) is 8.77. The molecule has 4 N–H and O–H groups in total. The maximum absolute atomic E-state index is 13.6. The number of nitrogens with two attached hydrogens (primary N) is 1. The van der Waals surface area contributed by atoms with Crippen molar-refractivity contribution in [3.63, 3.8) is 0 Å². The van der Waals surface area contributed by atoms with Gasteiger partial charge in [-0.05, 0) is 69.4 Å². The number of hydrogen-bond acceptors (Lipinski definition) is 6. The molecular weight excluding hydrogens is 437 g/mol. The predicted octanol–water partition coefficient (Wildman–Crippen LogP) is 3.06. The number of fused-ring (bicyclic) bond motifs is 1. The Morgan fingerprint density at radius 2 is 2.09 bits per heavy atom. The molecule has 0 radical (unpaired) electrons. The van der Waals surface area contributed by atoms with Gasteiger partial charge in [0.25, 0.3) is 5.91 Å². The van der Waals surface area contributed by atoms with Crippen LogP contribution in [0.4, 0.5) is 10.1 Å². The average Bonchev–Trinajstić information content (AvgIpc) is 3.11. The van der Waals surface area contributed by atoms with Crippen molar-refractivity contribution in [3.05, 3.63) is 52.8 Å². The molecule has 1 heterocycles. The highest BCUT2D eigenvalue weighted by Crippen LogP contribution is 2.36. The molecule has 34 heavy (non-hydrogen) atoms. The first-order valence-electron chi connectivity index (χ1n) is 12.0. The lowest BCUT2D eigenvalue weighted by Crippen LogP contribution is -2.33.